The van der Waals surface area contributed by atoms with E-state index in [4.69, 9.17) is 0 Å². The molecule has 116 valence electrons. The Kier molecular flexibility index (Phi) is 4.84. The Hall–Kier alpha value is -1.02. The van der Waals surface area contributed by atoms with Crippen LogP contribution in [-0.2, 0) is 6.54 Å². The fraction of sp³-hybridized carbons (Fsp3) is 0.684. The molecule has 2 heteroatoms. The summed E-state index contributed by atoms with van der Waals surface area (Å²) < 4.78 is 0. The molecule has 1 aromatic rings. The number of fused-ring (bicyclic) bond motifs is 1. The van der Waals surface area contributed by atoms with E-state index >= 15 is 0 Å². The molecule has 2 aliphatic rings. The standard InChI is InChI=1S/C19H30N2/c1-3-20-14-16-10-11-18(15(2)13-16)21-12-6-8-17-7-4-5-9-19(17)21/h10-11,13,17,19-20H,3-9,12,14H2,1-2H3. The Bertz CT molecular complexity index is 467. The molecule has 1 saturated heterocycles. The minimum Gasteiger partial charge on any atom is -0.368 e. The van der Waals surface area contributed by atoms with Crippen LogP contribution in [0.4, 0.5) is 5.69 Å². The predicted octanol–water partition coefficient (Wildman–Crippen LogP) is 4.26. The summed E-state index contributed by atoms with van der Waals surface area (Å²) in [6.45, 7) is 7.74. The van der Waals surface area contributed by atoms with Crippen LogP contribution in [0.2, 0.25) is 0 Å². The molecule has 0 radical (unpaired) electrons. The first-order chi connectivity index (χ1) is 10.3. The number of piperidine rings is 1. The first-order valence-electron chi connectivity index (χ1n) is 8.86. The summed E-state index contributed by atoms with van der Waals surface area (Å²) in [4.78, 5) is 2.74. The van der Waals surface area contributed by atoms with Crippen molar-refractivity contribution in [2.45, 2.75) is 65.0 Å². The van der Waals surface area contributed by atoms with Crippen LogP contribution in [0.15, 0.2) is 18.2 Å². The molecule has 0 spiro atoms. The number of aryl methyl sites for hydroxylation is 1. The number of hydrogen-bond acceptors (Lipinski definition) is 2. The summed E-state index contributed by atoms with van der Waals surface area (Å²) >= 11 is 0. The SMILES string of the molecule is CCNCc1ccc(N2CCCC3CCCCC32)c(C)c1. The minimum absolute atomic E-state index is 0.811. The lowest BCUT2D eigenvalue weighted by Crippen LogP contribution is -2.47. The van der Waals surface area contributed by atoms with Crippen molar-refractivity contribution in [3.05, 3.63) is 29.3 Å². The average Bonchev–Trinajstić information content (AvgIpc) is 2.53. The van der Waals surface area contributed by atoms with E-state index in [9.17, 15) is 0 Å². The van der Waals surface area contributed by atoms with E-state index in [0.717, 1.165) is 25.0 Å². The Balaban J connectivity index is 1.78. The maximum atomic E-state index is 3.42. The maximum Gasteiger partial charge on any atom is 0.0398 e. The van der Waals surface area contributed by atoms with Crippen molar-refractivity contribution in [2.24, 2.45) is 5.92 Å². The molecule has 21 heavy (non-hydrogen) atoms. The lowest BCUT2D eigenvalue weighted by atomic mass is 9.78. The zero-order valence-electron chi connectivity index (χ0n) is 13.7. The van der Waals surface area contributed by atoms with Gasteiger partial charge in [0.1, 0.15) is 0 Å². The zero-order valence-corrected chi connectivity index (χ0v) is 13.7. The van der Waals surface area contributed by atoms with Crippen molar-refractivity contribution in [2.75, 3.05) is 18.0 Å². The van der Waals surface area contributed by atoms with Crippen molar-refractivity contribution in [3.63, 3.8) is 0 Å². The Labute approximate surface area is 129 Å². The summed E-state index contributed by atoms with van der Waals surface area (Å²) in [6.07, 6.45) is 8.57. The van der Waals surface area contributed by atoms with Crippen molar-refractivity contribution in [1.29, 1.82) is 0 Å². The maximum absolute atomic E-state index is 3.42. The minimum atomic E-state index is 0.811. The zero-order chi connectivity index (χ0) is 14.7. The Morgan fingerprint density at radius 2 is 1.95 bits per heavy atom. The molecule has 0 bridgehead atoms. The number of nitrogens with one attached hydrogen (secondary N) is 1. The van der Waals surface area contributed by atoms with Crippen LogP contribution in [-0.4, -0.2) is 19.1 Å². The van der Waals surface area contributed by atoms with Crippen LogP contribution in [0.3, 0.4) is 0 Å². The number of rotatable bonds is 4. The first-order valence-corrected chi connectivity index (χ1v) is 8.86. The number of hydrogen-bond donors (Lipinski definition) is 1. The largest absolute Gasteiger partial charge is 0.368 e. The predicted molar refractivity (Wildman–Crippen MR) is 90.9 cm³/mol. The molecular weight excluding hydrogens is 256 g/mol. The van der Waals surface area contributed by atoms with Crippen LogP contribution in [0, 0.1) is 12.8 Å². The molecular formula is C19H30N2. The molecule has 1 N–H and O–H groups in total. The molecule has 1 aliphatic heterocycles. The molecule has 1 heterocycles. The van der Waals surface area contributed by atoms with Gasteiger partial charge in [0.05, 0.1) is 0 Å². The third-order valence-electron chi connectivity index (χ3n) is 5.39. The van der Waals surface area contributed by atoms with Gasteiger partial charge < -0.3 is 10.2 Å². The molecule has 2 nitrogen and oxygen atoms in total. The molecule has 1 saturated carbocycles. The number of nitrogens with zero attached hydrogens (tertiary/aromatic N) is 1. The third-order valence-corrected chi connectivity index (χ3v) is 5.39. The van der Waals surface area contributed by atoms with Gasteiger partial charge in [0.2, 0.25) is 0 Å². The van der Waals surface area contributed by atoms with E-state index in [0.29, 0.717) is 0 Å². The van der Waals surface area contributed by atoms with Crippen molar-refractivity contribution >= 4 is 5.69 Å². The number of anilines is 1. The molecule has 3 rings (SSSR count). The third kappa shape index (κ3) is 3.26. The van der Waals surface area contributed by atoms with Gasteiger partial charge in [0, 0.05) is 24.8 Å². The smallest absolute Gasteiger partial charge is 0.0398 e. The second kappa shape index (κ2) is 6.83. The molecule has 0 amide bonds. The summed E-state index contributed by atoms with van der Waals surface area (Å²) in [5, 5.41) is 3.42. The lowest BCUT2D eigenvalue weighted by molar-refractivity contribution is 0.243. The van der Waals surface area contributed by atoms with Gasteiger partial charge in [-0.3, -0.25) is 0 Å². The number of benzene rings is 1. The van der Waals surface area contributed by atoms with E-state index in [1.807, 2.05) is 0 Å². The van der Waals surface area contributed by atoms with Crippen LogP contribution in [0.5, 0.6) is 0 Å². The summed E-state index contributed by atoms with van der Waals surface area (Å²) in [7, 11) is 0. The summed E-state index contributed by atoms with van der Waals surface area (Å²) in [5.74, 6) is 0.952. The molecule has 2 unspecified atom stereocenters. The second-order valence-corrected chi connectivity index (χ2v) is 6.85. The normalized spacial score (nSPS) is 25.7. The van der Waals surface area contributed by atoms with Gasteiger partial charge in [-0.2, -0.15) is 0 Å². The highest BCUT2D eigenvalue weighted by Gasteiger charge is 2.33. The second-order valence-electron chi connectivity index (χ2n) is 6.85. The molecule has 2 fully saturated rings. The van der Waals surface area contributed by atoms with Crippen molar-refractivity contribution in [1.82, 2.24) is 5.32 Å². The van der Waals surface area contributed by atoms with Gasteiger partial charge in [0.15, 0.2) is 0 Å². The topological polar surface area (TPSA) is 15.3 Å². The van der Waals surface area contributed by atoms with E-state index in [2.05, 4.69) is 42.3 Å². The summed E-state index contributed by atoms with van der Waals surface area (Å²) in [5.41, 5.74) is 4.36. The van der Waals surface area contributed by atoms with Crippen molar-refractivity contribution in [3.8, 4) is 0 Å². The monoisotopic (exact) mass is 286 g/mol. The molecule has 0 aromatic heterocycles. The molecule has 2 atom stereocenters. The van der Waals surface area contributed by atoms with Gasteiger partial charge >= 0.3 is 0 Å². The average molecular weight is 286 g/mol. The van der Waals surface area contributed by atoms with Gasteiger partial charge in [0.25, 0.3) is 0 Å². The van der Waals surface area contributed by atoms with E-state index < -0.39 is 0 Å². The highest BCUT2D eigenvalue weighted by molar-refractivity contribution is 5.55. The first kappa shape index (κ1) is 14.9. The molecule has 1 aliphatic carbocycles. The van der Waals surface area contributed by atoms with E-state index in [-0.39, 0.29) is 0 Å². The van der Waals surface area contributed by atoms with Gasteiger partial charge in [-0.25, -0.2) is 0 Å². The lowest BCUT2D eigenvalue weighted by Gasteiger charge is -2.46. The highest BCUT2D eigenvalue weighted by Crippen LogP contribution is 2.38. The van der Waals surface area contributed by atoms with Crippen LogP contribution < -0.4 is 10.2 Å². The fourth-order valence-electron chi connectivity index (χ4n) is 4.34. The molecule has 1 aromatic carbocycles. The van der Waals surface area contributed by atoms with Crippen LogP contribution in [0.25, 0.3) is 0 Å². The highest BCUT2D eigenvalue weighted by atomic mass is 15.2. The van der Waals surface area contributed by atoms with E-state index in [1.54, 1.807) is 0 Å². The Morgan fingerprint density at radius 1 is 1.14 bits per heavy atom. The summed E-state index contributed by atoms with van der Waals surface area (Å²) in [6, 6.07) is 7.88. The Morgan fingerprint density at radius 3 is 2.76 bits per heavy atom. The van der Waals surface area contributed by atoms with Gasteiger partial charge in [-0.1, -0.05) is 31.9 Å². The fourth-order valence-corrected chi connectivity index (χ4v) is 4.34. The van der Waals surface area contributed by atoms with Gasteiger partial charge in [-0.15, -0.1) is 0 Å². The van der Waals surface area contributed by atoms with Crippen molar-refractivity contribution < 1.29 is 0 Å². The van der Waals surface area contributed by atoms with Gasteiger partial charge in [-0.05, 0) is 62.3 Å². The van der Waals surface area contributed by atoms with Crippen LogP contribution >= 0.6 is 0 Å². The van der Waals surface area contributed by atoms with E-state index in [1.165, 1.54) is 61.9 Å². The van der Waals surface area contributed by atoms with Crippen LogP contribution in [0.1, 0.15) is 56.6 Å². The quantitative estimate of drug-likeness (QED) is 0.889.